The third-order valence-corrected chi connectivity index (χ3v) is 13.6. The summed E-state index contributed by atoms with van der Waals surface area (Å²) in [5, 5.41) is 3.01. The first-order valence-corrected chi connectivity index (χ1v) is 30.6. The second kappa shape index (κ2) is 50.3. The summed E-state index contributed by atoms with van der Waals surface area (Å²) in [6.45, 7) is 6.71. The lowest BCUT2D eigenvalue weighted by Crippen LogP contribution is -2.47. The molecule has 0 aromatic rings. The lowest BCUT2D eigenvalue weighted by molar-refractivity contribution is -0.870. The maximum atomic E-state index is 13.5. The first-order chi connectivity index (χ1) is 33.9. The average molecular weight is 1000 g/mol. The molecule has 0 spiro atoms. The third kappa shape index (κ3) is 50.6. The summed E-state index contributed by atoms with van der Waals surface area (Å²) in [6, 6.07) is -0.896. The van der Waals surface area contributed by atoms with Crippen LogP contribution in [0.4, 0.5) is 0 Å². The molecule has 0 bridgehead atoms. The van der Waals surface area contributed by atoms with Gasteiger partial charge in [0.2, 0.25) is 5.91 Å². The van der Waals surface area contributed by atoms with Crippen molar-refractivity contribution in [3.8, 4) is 0 Å². The monoisotopic (exact) mass is 1000 g/mol. The number of phosphoric ester groups is 1. The summed E-state index contributed by atoms with van der Waals surface area (Å²) >= 11 is 0. The number of carbonyl (C=O) groups excluding carboxylic acids is 2. The first-order valence-electron chi connectivity index (χ1n) is 29.1. The minimum absolute atomic E-state index is 0.0270. The smallest absolute Gasteiger partial charge is 0.306 e. The summed E-state index contributed by atoms with van der Waals surface area (Å²) in [5.74, 6) is -0.560. The number of ether oxygens (including phenoxy) is 1. The van der Waals surface area contributed by atoms with Gasteiger partial charge in [0.1, 0.15) is 19.3 Å². The van der Waals surface area contributed by atoms with Crippen LogP contribution < -0.4 is 10.2 Å². The normalized spacial score (nSPS) is 14.2. The standard InChI is InChI=1S/C60H111N2O7P/c1-7-10-13-16-19-22-25-27-29-31-33-35-38-41-44-47-50-53-60(64)69-58(51-48-45-42-39-36-24-21-18-15-12-9-3)57(56-68-70(65,66)67-55-54-62(4,5)6)61-59(63)52-49-46-43-40-37-34-32-30-28-26-23-20-17-14-11-8-2/h11,14,20,23,27-30,48,51,57-58H,7-10,12-13,15-19,21-22,24-26,31-47,49-50,52-56H2,1-6H3,(H-,61,63,65,66)/b14-11+,23-20+,29-27+,30-28+,51-48+. The maximum Gasteiger partial charge on any atom is 0.306 e. The first kappa shape index (κ1) is 67.7. The second-order valence-corrected chi connectivity index (χ2v) is 22.2. The van der Waals surface area contributed by atoms with Crippen LogP contribution in [0, 0.1) is 0 Å². The van der Waals surface area contributed by atoms with Gasteiger partial charge in [0.25, 0.3) is 7.82 Å². The van der Waals surface area contributed by atoms with Crippen LogP contribution in [0.5, 0.6) is 0 Å². The molecule has 0 fully saturated rings. The number of rotatable bonds is 52. The lowest BCUT2D eigenvalue weighted by atomic mass is 10.1. The molecule has 3 atom stereocenters. The quantitative estimate of drug-likeness (QED) is 0.0212. The summed E-state index contributed by atoms with van der Waals surface area (Å²) in [6.07, 6.45) is 61.8. The fourth-order valence-corrected chi connectivity index (χ4v) is 8.90. The van der Waals surface area contributed by atoms with Crippen LogP contribution in [-0.4, -0.2) is 69.4 Å². The Bertz CT molecular complexity index is 1390. The van der Waals surface area contributed by atoms with E-state index >= 15 is 0 Å². The van der Waals surface area contributed by atoms with Gasteiger partial charge in [0.15, 0.2) is 0 Å². The van der Waals surface area contributed by atoms with Gasteiger partial charge >= 0.3 is 5.97 Å². The van der Waals surface area contributed by atoms with E-state index in [0.29, 0.717) is 17.4 Å². The lowest BCUT2D eigenvalue weighted by Gasteiger charge is -2.30. The predicted octanol–water partition coefficient (Wildman–Crippen LogP) is 16.9. The molecule has 3 unspecified atom stereocenters. The van der Waals surface area contributed by atoms with Crippen LogP contribution in [-0.2, 0) is 27.9 Å². The molecule has 0 saturated heterocycles. The molecule has 0 aliphatic carbocycles. The maximum absolute atomic E-state index is 13.5. The van der Waals surface area contributed by atoms with E-state index in [1.54, 1.807) is 0 Å². The summed E-state index contributed by atoms with van der Waals surface area (Å²) < 4.78 is 30.2. The zero-order valence-electron chi connectivity index (χ0n) is 46.5. The molecule has 0 saturated carbocycles. The predicted molar refractivity (Wildman–Crippen MR) is 298 cm³/mol. The van der Waals surface area contributed by atoms with Gasteiger partial charge in [-0.05, 0) is 89.5 Å². The van der Waals surface area contributed by atoms with Crippen molar-refractivity contribution >= 4 is 19.7 Å². The van der Waals surface area contributed by atoms with Gasteiger partial charge in [-0.3, -0.25) is 14.2 Å². The molecule has 0 aliphatic heterocycles. The van der Waals surface area contributed by atoms with E-state index < -0.39 is 26.6 Å². The number of allylic oxidation sites excluding steroid dienone is 9. The summed E-state index contributed by atoms with van der Waals surface area (Å²) in [5.41, 5.74) is 0. The Kier molecular flexibility index (Phi) is 48.6. The highest BCUT2D eigenvalue weighted by molar-refractivity contribution is 7.45. The van der Waals surface area contributed by atoms with Crippen molar-refractivity contribution in [1.82, 2.24) is 5.32 Å². The minimum atomic E-state index is -4.70. The Labute approximate surface area is 432 Å². The van der Waals surface area contributed by atoms with Gasteiger partial charge in [0.05, 0.1) is 33.8 Å². The highest BCUT2D eigenvalue weighted by atomic mass is 31.2. The molecule has 70 heavy (non-hydrogen) atoms. The van der Waals surface area contributed by atoms with E-state index in [0.717, 1.165) is 116 Å². The number of amides is 1. The number of hydrogen-bond acceptors (Lipinski definition) is 7. The number of hydrogen-bond donors (Lipinski definition) is 1. The molecule has 0 aromatic heterocycles. The molecule has 0 aromatic carbocycles. The van der Waals surface area contributed by atoms with Gasteiger partial charge in [-0.15, -0.1) is 0 Å². The number of nitrogens with zero attached hydrogens (tertiary/aromatic N) is 1. The molecule has 0 heterocycles. The van der Waals surface area contributed by atoms with Gasteiger partial charge in [-0.1, -0.05) is 217 Å². The Hall–Kier alpha value is -2.29. The Morgan fingerprint density at radius 3 is 1.39 bits per heavy atom. The Morgan fingerprint density at radius 1 is 0.514 bits per heavy atom. The molecule has 0 rings (SSSR count). The number of phosphoric acid groups is 1. The number of unbranched alkanes of at least 4 members (excludes halogenated alkanes) is 28. The zero-order valence-corrected chi connectivity index (χ0v) is 47.4. The largest absolute Gasteiger partial charge is 0.756 e. The van der Waals surface area contributed by atoms with E-state index in [1.807, 2.05) is 33.3 Å². The van der Waals surface area contributed by atoms with E-state index in [9.17, 15) is 19.0 Å². The number of nitrogens with one attached hydrogen (secondary N) is 1. The summed E-state index contributed by atoms with van der Waals surface area (Å²) in [4.78, 5) is 39.8. The molecule has 1 amide bonds. The van der Waals surface area contributed by atoms with Gasteiger partial charge in [-0.25, -0.2) is 0 Å². The zero-order chi connectivity index (χ0) is 51.5. The highest BCUT2D eigenvalue weighted by Gasteiger charge is 2.27. The molecule has 0 aliphatic rings. The van der Waals surface area contributed by atoms with Crippen LogP contribution in [0.25, 0.3) is 0 Å². The molecule has 408 valence electrons. The van der Waals surface area contributed by atoms with Crippen molar-refractivity contribution in [2.75, 3.05) is 40.9 Å². The van der Waals surface area contributed by atoms with E-state index in [-0.39, 0.29) is 24.9 Å². The fraction of sp³-hybridized carbons (Fsp3) is 0.800. The van der Waals surface area contributed by atoms with Crippen LogP contribution in [0.1, 0.15) is 258 Å². The molecule has 1 N–H and O–H groups in total. The summed E-state index contributed by atoms with van der Waals surface area (Å²) in [7, 11) is 1.17. The average Bonchev–Trinajstić information content (AvgIpc) is 3.32. The van der Waals surface area contributed by atoms with Crippen molar-refractivity contribution in [3.05, 3.63) is 60.8 Å². The van der Waals surface area contributed by atoms with Crippen molar-refractivity contribution in [3.63, 3.8) is 0 Å². The molecule has 9 nitrogen and oxygen atoms in total. The fourth-order valence-electron chi connectivity index (χ4n) is 8.18. The second-order valence-electron chi connectivity index (χ2n) is 20.8. The van der Waals surface area contributed by atoms with Crippen molar-refractivity contribution in [2.45, 2.75) is 270 Å². The van der Waals surface area contributed by atoms with E-state index in [1.165, 1.54) is 109 Å². The highest BCUT2D eigenvalue weighted by Crippen LogP contribution is 2.38. The number of esters is 1. The number of carbonyl (C=O) groups is 2. The molecule has 0 radical (unpaired) electrons. The molecule has 10 heteroatoms. The minimum Gasteiger partial charge on any atom is -0.756 e. The van der Waals surface area contributed by atoms with Gasteiger partial charge in [-0.2, -0.15) is 0 Å². The van der Waals surface area contributed by atoms with Crippen LogP contribution in [0.15, 0.2) is 60.8 Å². The van der Waals surface area contributed by atoms with Gasteiger partial charge in [0, 0.05) is 12.8 Å². The molecular formula is C60H111N2O7P. The number of likely N-dealkylation sites (N-methyl/N-ethyl adjacent to an activating group) is 1. The third-order valence-electron chi connectivity index (χ3n) is 12.7. The Balaban J connectivity index is 5.32. The number of quaternary nitrogens is 1. The van der Waals surface area contributed by atoms with Gasteiger partial charge < -0.3 is 28.5 Å². The SMILES string of the molecule is CC/C=C/C/C=C/C/C=C/CCCCCCCCC(=O)NC(COP(=O)([O-])OCC[N+](C)(C)C)C(/C=C/CCCCCCCCCCC)OC(=O)CCCCCCCCC/C=C/CCCCCCCC. The Morgan fingerprint density at radius 2 is 0.914 bits per heavy atom. The van der Waals surface area contributed by atoms with E-state index in [2.05, 4.69) is 74.7 Å². The topological polar surface area (TPSA) is 114 Å². The van der Waals surface area contributed by atoms with Crippen molar-refractivity contribution < 1.29 is 37.3 Å². The van der Waals surface area contributed by atoms with Crippen molar-refractivity contribution in [1.29, 1.82) is 0 Å². The van der Waals surface area contributed by atoms with E-state index in [4.69, 9.17) is 13.8 Å². The van der Waals surface area contributed by atoms with Crippen molar-refractivity contribution in [2.24, 2.45) is 0 Å². The van der Waals surface area contributed by atoms with Crippen LogP contribution in [0.3, 0.4) is 0 Å². The van der Waals surface area contributed by atoms with Crippen LogP contribution >= 0.6 is 7.82 Å². The van der Waals surface area contributed by atoms with Crippen LogP contribution in [0.2, 0.25) is 0 Å². The molecular weight excluding hydrogens is 892 g/mol.